The van der Waals surface area contributed by atoms with E-state index < -0.39 is 0 Å². The topological polar surface area (TPSA) is 12.4 Å². The Kier molecular flexibility index (Phi) is 2.07. The van der Waals surface area contributed by atoms with E-state index in [1.807, 2.05) is 0 Å². The summed E-state index contributed by atoms with van der Waals surface area (Å²) in [5.41, 5.74) is 1.45. The van der Waals surface area contributed by atoms with Gasteiger partial charge >= 0.3 is 0 Å². The summed E-state index contributed by atoms with van der Waals surface area (Å²) in [4.78, 5) is 4.34. The molecule has 1 nitrogen and oxygen atoms in total. The summed E-state index contributed by atoms with van der Waals surface area (Å²) in [5.74, 6) is 0. The van der Waals surface area contributed by atoms with Crippen molar-refractivity contribution in [1.29, 1.82) is 0 Å². The molecule has 0 aromatic carbocycles. The van der Waals surface area contributed by atoms with E-state index in [4.69, 9.17) is 0 Å². The Bertz CT molecular complexity index is 86.6. The minimum absolute atomic E-state index is 0.981. The molecule has 1 fully saturated rings. The van der Waals surface area contributed by atoms with E-state index in [0.717, 1.165) is 6.54 Å². The van der Waals surface area contributed by atoms with Crippen molar-refractivity contribution in [3.05, 3.63) is 0 Å². The SMILES string of the molecule is CCN=C1CCCC1. The molecule has 0 spiro atoms. The molecule has 0 heterocycles. The highest BCUT2D eigenvalue weighted by Gasteiger charge is 2.05. The van der Waals surface area contributed by atoms with E-state index in [1.54, 1.807) is 0 Å². The van der Waals surface area contributed by atoms with Gasteiger partial charge in [0, 0.05) is 12.3 Å². The fraction of sp³-hybridized carbons (Fsp3) is 0.857. The highest BCUT2D eigenvalue weighted by atomic mass is 14.7. The third kappa shape index (κ3) is 1.32. The minimum atomic E-state index is 0.981. The Morgan fingerprint density at radius 3 is 2.50 bits per heavy atom. The number of nitrogens with zero attached hydrogens (tertiary/aromatic N) is 1. The van der Waals surface area contributed by atoms with Crippen molar-refractivity contribution in [1.82, 2.24) is 0 Å². The van der Waals surface area contributed by atoms with Gasteiger partial charge in [0.25, 0.3) is 0 Å². The lowest BCUT2D eigenvalue weighted by atomic mass is 10.3. The second-order valence-corrected chi connectivity index (χ2v) is 2.25. The predicted molar refractivity (Wildman–Crippen MR) is 36.4 cm³/mol. The molecule has 8 heavy (non-hydrogen) atoms. The van der Waals surface area contributed by atoms with Gasteiger partial charge in [0.05, 0.1) is 0 Å². The molecule has 1 aliphatic carbocycles. The number of rotatable bonds is 1. The van der Waals surface area contributed by atoms with Crippen molar-refractivity contribution in [2.24, 2.45) is 4.99 Å². The van der Waals surface area contributed by atoms with Gasteiger partial charge in [0.1, 0.15) is 0 Å². The van der Waals surface area contributed by atoms with Gasteiger partial charge in [0.2, 0.25) is 0 Å². The van der Waals surface area contributed by atoms with Crippen LogP contribution in [-0.2, 0) is 0 Å². The first kappa shape index (κ1) is 5.80. The van der Waals surface area contributed by atoms with Crippen LogP contribution in [0.15, 0.2) is 4.99 Å². The van der Waals surface area contributed by atoms with Crippen LogP contribution in [0.5, 0.6) is 0 Å². The molecule has 0 N–H and O–H groups in total. The first-order valence-corrected chi connectivity index (χ1v) is 3.45. The molecule has 0 aromatic rings. The third-order valence-corrected chi connectivity index (χ3v) is 1.56. The number of hydrogen-bond acceptors (Lipinski definition) is 1. The van der Waals surface area contributed by atoms with Crippen molar-refractivity contribution < 1.29 is 0 Å². The van der Waals surface area contributed by atoms with Gasteiger partial charge in [-0.05, 0) is 32.6 Å². The van der Waals surface area contributed by atoms with E-state index in [-0.39, 0.29) is 0 Å². The maximum atomic E-state index is 4.34. The fourth-order valence-corrected chi connectivity index (χ4v) is 1.16. The lowest BCUT2D eigenvalue weighted by molar-refractivity contribution is 0.886. The molecular weight excluding hydrogens is 98.1 g/mol. The molecule has 46 valence electrons. The lowest BCUT2D eigenvalue weighted by Crippen LogP contribution is -1.87. The van der Waals surface area contributed by atoms with Gasteiger partial charge in [-0.15, -0.1) is 0 Å². The molecule has 1 aliphatic rings. The van der Waals surface area contributed by atoms with Crippen molar-refractivity contribution >= 4 is 5.71 Å². The van der Waals surface area contributed by atoms with Crippen LogP contribution in [0.4, 0.5) is 0 Å². The number of aliphatic imine (C=N–C) groups is 1. The molecule has 0 amide bonds. The van der Waals surface area contributed by atoms with E-state index >= 15 is 0 Å². The molecule has 0 aliphatic heterocycles. The maximum absolute atomic E-state index is 4.34. The van der Waals surface area contributed by atoms with Gasteiger partial charge < -0.3 is 0 Å². The Labute approximate surface area is 50.8 Å². The fourth-order valence-electron chi connectivity index (χ4n) is 1.16. The van der Waals surface area contributed by atoms with E-state index in [2.05, 4.69) is 11.9 Å². The van der Waals surface area contributed by atoms with Crippen LogP contribution in [0, 0.1) is 0 Å². The van der Waals surface area contributed by atoms with E-state index in [1.165, 1.54) is 31.4 Å². The van der Waals surface area contributed by atoms with Gasteiger partial charge in [-0.2, -0.15) is 0 Å². The van der Waals surface area contributed by atoms with Crippen molar-refractivity contribution in [3.8, 4) is 0 Å². The predicted octanol–water partition coefficient (Wildman–Crippen LogP) is 2.02. The average Bonchev–Trinajstić information content (AvgIpc) is 2.19. The Balaban J connectivity index is 2.33. The molecule has 1 heteroatoms. The second-order valence-electron chi connectivity index (χ2n) is 2.25. The summed E-state index contributed by atoms with van der Waals surface area (Å²) >= 11 is 0. The summed E-state index contributed by atoms with van der Waals surface area (Å²) in [6.07, 6.45) is 5.29. The normalized spacial score (nSPS) is 19.4. The standard InChI is InChI=1S/C7H13N/c1-2-8-7-5-3-4-6-7/h2-6H2,1H3. The largest absolute Gasteiger partial charge is 0.294 e. The van der Waals surface area contributed by atoms with Gasteiger partial charge in [0.15, 0.2) is 0 Å². The summed E-state index contributed by atoms with van der Waals surface area (Å²) < 4.78 is 0. The lowest BCUT2D eigenvalue weighted by Gasteiger charge is -1.88. The minimum Gasteiger partial charge on any atom is -0.294 e. The Hall–Kier alpha value is -0.330. The Morgan fingerprint density at radius 1 is 1.38 bits per heavy atom. The molecule has 1 rings (SSSR count). The smallest absolute Gasteiger partial charge is 0.0360 e. The van der Waals surface area contributed by atoms with Crippen molar-refractivity contribution in [2.45, 2.75) is 32.6 Å². The van der Waals surface area contributed by atoms with E-state index in [0.29, 0.717) is 0 Å². The Morgan fingerprint density at radius 2 is 2.00 bits per heavy atom. The third-order valence-electron chi connectivity index (χ3n) is 1.56. The van der Waals surface area contributed by atoms with Crippen LogP contribution in [0.1, 0.15) is 32.6 Å². The quantitative estimate of drug-likeness (QED) is 0.491. The van der Waals surface area contributed by atoms with Crippen LogP contribution in [0.3, 0.4) is 0 Å². The first-order chi connectivity index (χ1) is 3.93. The summed E-state index contributed by atoms with van der Waals surface area (Å²) in [6.45, 7) is 3.08. The zero-order valence-electron chi connectivity index (χ0n) is 5.48. The van der Waals surface area contributed by atoms with Gasteiger partial charge in [-0.3, -0.25) is 4.99 Å². The van der Waals surface area contributed by atoms with Crippen LogP contribution >= 0.6 is 0 Å². The zero-order chi connectivity index (χ0) is 5.82. The van der Waals surface area contributed by atoms with Gasteiger partial charge in [-0.25, -0.2) is 0 Å². The maximum Gasteiger partial charge on any atom is 0.0360 e. The summed E-state index contributed by atoms with van der Waals surface area (Å²) in [5, 5.41) is 0. The van der Waals surface area contributed by atoms with E-state index in [9.17, 15) is 0 Å². The number of hydrogen-bond donors (Lipinski definition) is 0. The van der Waals surface area contributed by atoms with Crippen LogP contribution in [0.2, 0.25) is 0 Å². The first-order valence-electron chi connectivity index (χ1n) is 3.45. The molecule has 0 atom stereocenters. The summed E-state index contributed by atoms with van der Waals surface area (Å²) in [7, 11) is 0. The molecule has 0 saturated heterocycles. The highest BCUT2D eigenvalue weighted by Crippen LogP contribution is 2.13. The molecule has 0 radical (unpaired) electrons. The summed E-state index contributed by atoms with van der Waals surface area (Å²) in [6, 6.07) is 0. The zero-order valence-corrected chi connectivity index (χ0v) is 5.48. The van der Waals surface area contributed by atoms with Crippen molar-refractivity contribution in [2.75, 3.05) is 6.54 Å². The average molecular weight is 111 g/mol. The van der Waals surface area contributed by atoms with Gasteiger partial charge in [-0.1, -0.05) is 0 Å². The molecule has 0 bridgehead atoms. The van der Waals surface area contributed by atoms with Crippen LogP contribution in [0.25, 0.3) is 0 Å². The molecular formula is C7H13N. The highest BCUT2D eigenvalue weighted by molar-refractivity contribution is 5.86. The molecule has 1 saturated carbocycles. The van der Waals surface area contributed by atoms with Crippen LogP contribution in [-0.4, -0.2) is 12.3 Å². The molecule has 0 aromatic heterocycles. The van der Waals surface area contributed by atoms with Crippen molar-refractivity contribution in [3.63, 3.8) is 0 Å². The van der Waals surface area contributed by atoms with Crippen LogP contribution < -0.4 is 0 Å². The molecule has 0 unspecified atom stereocenters. The monoisotopic (exact) mass is 111 g/mol. The second kappa shape index (κ2) is 2.85.